The van der Waals surface area contributed by atoms with Gasteiger partial charge in [0.15, 0.2) is 11.6 Å². The molecule has 4 nitrogen and oxygen atoms in total. The molecule has 0 spiro atoms. The topological polar surface area (TPSA) is 46.9 Å². The maximum atomic E-state index is 12.2. The number of benzene rings is 1. The number of rotatable bonds is 2. The molecule has 3 rings (SSSR count). The molecule has 98 valence electrons. The molecule has 0 unspecified atom stereocenters. The number of nitrogens with one attached hydrogen (secondary N) is 1. The highest BCUT2D eigenvalue weighted by atomic mass is 16.1. The van der Waals surface area contributed by atoms with Crippen molar-refractivity contribution >= 4 is 11.6 Å². The number of carbonyl (C=O) groups excluding carboxylic acids is 1. The smallest absolute Gasteiger partial charge is 0.168 e. The molecule has 0 aliphatic heterocycles. The van der Waals surface area contributed by atoms with E-state index in [4.69, 9.17) is 0 Å². The quantitative estimate of drug-likeness (QED) is 0.897. The molecule has 2 aromatic rings. The van der Waals surface area contributed by atoms with Crippen molar-refractivity contribution in [1.29, 1.82) is 0 Å². The molecule has 1 heterocycles. The van der Waals surface area contributed by atoms with Crippen molar-refractivity contribution in [3.63, 3.8) is 0 Å². The van der Waals surface area contributed by atoms with Gasteiger partial charge in [-0.25, -0.2) is 4.68 Å². The third-order valence-corrected chi connectivity index (χ3v) is 3.57. The lowest BCUT2D eigenvalue weighted by atomic mass is 9.88. The fraction of sp³-hybridized carbons (Fsp3) is 0.333. The molecule has 1 aromatic heterocycles. The van der Waals surface area contributed by atoms with Crippen LogP contribution in [0.2, 0.25) is 0 Å². The molecular formula is C15H17N3O. The van der Waals surface area contributed by atoms with Crippen LogP contribution in [0.1, 0.15) is 29.4 Å². The van der Waals surface area contributed by atoms with Gasteiger partial charge in [-0.3, -0.25) is 4.79 Å². The summed E-state index contributed by atoms with van der Waals surface area (Å²) >= 11 is 0. The molecule has 1 aliphatic carbocycles. The van der Waals surface area contributed by atoms with E-state index in [0.29, 0.717) is 18.2 Å². The summed E-state index contributed by atoms with van der Waals surface area (Å²) in [5.41, 5.74) is 2.80. The Balaban J connectivity index is 2.20. The molecule has 1 aliphatic rings. The van der Waals surface area contributed by atoms with E-state index in [9.17, 15) is 4.79 Å². The van der Waals surface area contributed by atoms with Crippen molar-refractivity contribution in [3.05, 3.63) is 41.6 Å². The van der Waals surface area contributed by atoms with Crippen LogP contribution in [0.25, 0.3) is 5.69 Å². The van der Waals surface area contributed by atoms with E-state index in [1.54, 1.807) is 0 Å². The van der Waals surface area contributed by atoms with Crippen LogP contribution >= 0.6 is 0 Å². The lowest BCUT2D eigenvalue weighted by molar-refractivity contribution is 0.0953. The molecule has 1 aromatic carbocycles. The molecule has 19 heavy (non-hydrogen) atoms. The van der Waals surface area contributed by atoms with Crippen molar-refractivity contribution in [3.8, 4) is 5.69 Å². The molecule has 0 fully saturated rings. The van der Waals surface area contributed by atoms with Crippen molar-refractivity contribution in [2.24, 2.45) is 5.92 Å². The Labute approximate surface area is 112 Å². The highest BCUT2D eigenvalue weighted by molar-refractivity contribution is 6.02. The minimum Gasteiger partial charge on any atom is -0.371 e. The van der Waals surface area contributed by atoms with Gasteiger partial charge < -0.3 is 5.32 Å². The lowest BCUT2D eigenvalue weighted by Gasteiger charge is -2.19. The molecule has 0 bridgehead atoms. The maximum absolute atomic E-state index is 12.2. The summed E-state index contributed by atoms with van der Waals surface area (Å²) in [5, 5.41) is 7.59. The minimum atomic E-state index is 0.195. The van der Waals surface area contributed by atoms with E-state index in [0.717, 1.165) is 23.4 Å². The van der Waals surface area contributed by atoms with E-state index in [2.05, 4.69) is 17.3 Å². The summed E-state index contributed by atoms with van der Waals surface area (Å²) in [7, 11) is 1.81. The number of nitrogens with zero attached hydrogens (tertiary/aromatic N) is 2. The third kappa shape index (κ3) is 1.93. The fourth-order valence-corrected chi connectivity index (χ4v) is 2.71. The maximum Gasteiger partial charge on any atom is 0.168 e. The number of hydrogen-bond donors (Lipinski definition) is 1. The molecular weight excluding hydrogens is 238 g/mol. The molecule has 4 heteroatoms. The Kier molecular flexibility index (Phi) is 2.85. The second-order valence-electron chi connectivity index (χ2n) is 5.10. The van der Waals surface area contributed by atoms with E-state index >= 15 is 0 Å². The van der Waals surface area contributed by atoms with Gasteiger partial charge in [-0.2, -0.15) is 0 Å². The van der Waals surface area contributed by atoms with E-state index < -0.39 is 0 Å². The highest BCUT2D eigenvalue weighted by Gasteiger charge is 2.30. The van der Waals surface area contributed by atoms with Crippen LogP contribution in [0.5, 0.6) is 0 Å². The van der Waals surface area contributed by atoms with Gasteiger partial charge in [0, 0.05) is 13.5 Å². The lowest BCUT2D eigenvalue weighted by Crippen LogP contribution is -2.19. The molecule has 1 N–H and O–H groups in total. The normalized spacial score (nSPS) is 18.2. The molecule has 0 radical (unpaired) electrons. The zero-order valence-corrected chi connectivity index (χ0v) is 11.2. The molecule has 1 atom stereocenters. The average Bonchev–Trinajstić information content (AvgIpc) is 2.78. The van der Waals surface area contributed by atoms with Crippen molar-refractivity contribution in [1.82, 2.24) is 9.78 Å². The van der Waals surface area contributed by atoms with Crippen molar-refractivity contribution in [2.75, 3.05) is 12.4 Å². The Bertz CT molecular complexity index is 616. The largest absolute Gasteiger partial charge is 0.371 e. The van der Waals surface area contributed by atoms with Gasteiger partial charge in [0.1, 0.15) is 0 Å². The van der Waals surface area contributed by atoms with Gasteiger partial charge in [-0.15, -0.1) is 5.10 Å². The third-order valence-electron chi connectivity index (χ3n) is 3.57. The Morgan fingerprint density at radius 2 is 2.00 bits per heavy atom. The van der Waals surface area contributed by atoms with Crippen LogP contribution in [0.4, 0.5) is 5.82 Å². The van der Waals surface area contributed by atoms with Gasteiger partial charge in [0.05, 0.1) is 16.9 Å². The number of carbonyl (C=O) groups is 1. The second-order valence-corrected chi connectivity index (χ2v) is 5.10. The second kappa shape index (κ2) is 4.53. The summed E-state index contributed by atoms with van der Waals surface area (Å²) in [6, 6.07) is 9.96. The first-order chi connectivity index (χ1) is 9.20. The van der Waals surface area contributed by atoms with Gasteiger partial charge in [0.2, 0.25) is 0 Å². The molecule has 0 saturated carbocycles. The summed E-state index contributed by atoms with van der Waals surface area (Å²) < 4.78 is 1.90. The van der Waals surface area contributed by atoms with Crippen LogP contribution < -0.4 is 5.32 Å². The van der Waals surface area contributed by atoms with E-state index in [1.165, 1.54) is 0 Å². The minimum absolute atomic E-state index is 0.195. The van der Waals surface area contributed by atoms with Crippen LogP contribution in [-0.4, -0.2) is 22.6 Å². The van der Waals surface area contributed by atoms with Gasteiger partial charge >= 0.3 is 0 Å². The first-order valence-electron chi connectivity index (χ1n) is 6.59. The summed E-state index contributed by atoms with van der Waals surface area (Å²) in [4.78, 5) is 12.2. The SMILES string of the molecule is CNc1nn(-c2ccccc2)c2c1C(=O)C[C@@H](C)C2. The van der Waals surface area contributed by atoms with Gasteiger partial charge in [-0.05, 0) is 24.5 Å². The summed E-state index contributed by atoms with van der Waals surface area (Å²) in [5.74, 6) is 1.26. The van der Waals surface area contributed by atoms with Crippen LogP contribution in [-0.2, 0) is 6.42 Å². The predicted octanol–water partition coefficient (Wildman–Crippen LogP) is 2.68. The predicted molar refractivity (Wildman–Crippen MR) is 74.9 cm³/mol. The number of hydrogen-bond acceptors (Lipinski definition) is 3. The molecule has 0 saturated heterocycles. The number of Topliss-reactive ketones (excluding diaryl/α,β-unsaturated/α-hetero) is 1. The first kappa shape index (κ1) is 12.0. The first-order valence-corrected chi connectivity index (χ1v) is 6.59. The monoisotopic (exact) mass is 255 g/mol. The van der Waals surface area contributed by atoms with Gasteiger partial charge in [0.25, 0.3) is 0 Å². The zero-order valence-electron chi connectivity index (χ0n) is 11.2. The van der Waals surface area contributed by atoms with E-state index in [1.807, 2.05) is 42.1 Å². The molecule has 0 amide bonds. The summed E-state index contributed by atoms with van der Waals surface area (Å²) in [6.07, 6.45) is 1.51. The fourth-order valence-electron chi connectivity index (χ4n) is 2.71. The number of anilines is 1. The number of ketones is 1. The Morgan fingerprint density at radius 1 is 1.26 bits per heavy atom. The Hall–Kier alpha value is -2.10. The Morgan fingerprint density at radius 3 is 2.68 bits per heavy atom. The van der Waals surface area contributed by atoms with E-state index in [-0.39, 0.29) is 5.78 Å². The average molecular weight is 255 g/mol. The summed E-state index contributed by atoms with van der Waals surface area (Å²) in [6.45, 7) is 2.11. The zero-order chi connectivity index (χ0) is 13.4. The number of fused-ring (bicyclic) bond motifs is 1. The number of aromatic nitrogens is 2. The van der Waals surface area contributed by atoms with Crippen molar-refractivity contribution < 1.29 is 4.79 Å². The van der Waals surface area contributed by atoms with Gasteiger partial charge in [-0.1, -0.05) is 25.1 Å². The number of para-hydroxylation sites is 1. The van der Waals surface area contributed by atoms with Crippen molar-refractivity contribution in [2.45, 2.75) is 19.8 Å². The van der Waals surface area contributed by atoms with Crippen LogP contribution in [0.3, 0.4) is 0 Å². The van der Waals surface area contributed by atoms with Crippen LogP contribution in [0, 0.1) is 5.92 Å². The van der Waals surface area contributed by atoms with Crippen LogP contribution in [0.15, 0.2) is 30.3 Å². The standard InChI is InChI=1S/C15H17N3O/c1-10-8-12-14(13(19)9-10)15(16-2)17-18(12)11-6-4-3-5-7-11/h3-7,10H,8-9H2,1-2H3,(H,16,17)/t10-/m0/s1. The highest BCUT2D eigenvalue weighted by Crippen LogP contribution is 2.31.